The van der Waals surface area contributed by atoms with Crippen molar-refractivity contribution in [2.24, 2.45) is 5.73 Å². The number of rotatable bonds is 5. The van der Waals surface area contributed by atoms with Gasteiger partial charge in [-0.2, -0.15) is 0 Å². The van der Waals surface area contributed by atoms with E-state index in [4.69, 9.17) is 17.3 Å². The summed E-state index contributed by atoms with van der Waals surface area (Å²) >= 11 is 5.66. The van der Waals surface area contributed by atoms with Gasteiger partial charge >= 0.3 is 0 Å². The first-order valence-corrected chi connectivity index (χ1v) is 6.91. The maximum Gasteiger partial charge on any atom is 0.255 e. The van der Waals surface area contributed by atoms with Crippen molar-refractivity contribution in [2.45, 2.75) is 12.5 Å². The van der Waals surface area contributed by atoms with Crippen molar-refractivity contribution < 1.29 is 18.4 Å². The number of hydrogen-bond acceptors (Lipinski definition) is 3. The summed E-state index contributed by atoms with van der Waals surface area (Å²) in [6.45, 7) is 0. The van der Waals surface area contributed by atoms with Crippen LogP contribution in [0, 0.1) is 11.6 Å². The highest BCUT2D eigenvalue weighted by Crippen LogP contribution is 2.12. The van der Waals surface area contributed by atoms with Gasteiger partial charge in [-0.1, -0.05) is 23.7 Å². The minimum absolute atomic E-state index is 0.0438. The molecule has 1 aromatic carbocycles. The van der Waals surface area contributed by atoms with Crippen molar-refractivity contribution in [1.29, 1.82) is 0 Å². The quantitative estimate of drug-likeness (QED) is 0.815. The van der Waals surface area contributed by atoms with E-state index in [2.05, 4.69) is 10.3 Å². The molecule has 3 N–H and O–H groups in total. The monoisotopic (exact) mass is 339 g/mol. The minimum Gasteiger partial charge on any atom is -0.368 e. The van der Waals surface area contributed by atoms with Crippen molar-refractivity contribution >= 4 is 23.4 Å². The molecule has 120 valence electrons. The number of nitrogens with one attached hydrogen (secondary N) is 1. The molecule has 0 fully saturated rings. The SMILES string of the molecule is NC(=O)[C@H](Cc1ccc(Cl)nc1)NC(=O)c1cccc(F)c1F. The number of nitrogens with two attached hydrogens (primary N) is 1. The van der Waals surface area contributed by atoms with Crippen molar-refractivity contribution in [1.82, 2.24) is 10.3 Å². The summed E-state index contributed by atoms with van der Waals surface area (Å²) in [6, 6.07) is 5.21. The molecule has 0 saturated heterocycles. The van der Waals surface area contributed by atoms with Crippen LogP contribution in [0.15, 0.2) is 36.5 Å². The summed E-state index contributed by atoms with van der Waals surface area (Å²) in [4.78, 5) is 27.3. The maximum atomic E-state index is 13.6. The largest absolute Gasteiger partial charge is 0.368 e. The normalized spacial score (nSPS) is 11.8. The molecule has 0 saturated carbocycles. The molecule has 0 spiro atoms. The van der Waals surface area contributed by atoms with Crippen molar-refractivity contribution in [3.63, 3.8) is 0 Å². The molecular weight excluding hydrogens is 328 g/mol. The van der Waals surface area contributed by atoms with Gasteiger partial charge in [0.15, 0.2) is 11.6 Å². The fourth-order valence-corrected chi connectivity index (χ4v) is 2.01. The van der Waals surface area contributed by atoms with Crippen LogP contribution < -0.4 is 11.1 Å². The summed E-state index contributed by atoms with van der Waals surface area (Å²) in [5.41, 5.74) is 5.33. The predicted octanol–water partition coefficient (Wildman–Crippen LogP) is 1.84. The molecular formula is C15H12ClF2N3O2. The van der Waals surface area contributed by atoms with E-state index in [1.807, 2.05) is 0 Å². The van der Waals surface area contributed by atoms with E-state index < -0.39 is 35.1 Å². The number of amides is 2. The number of pyridine rings is 1. The second-order valence-electron chi connectivity index (χ2n) is 4.72. The third-order valence-electron chi connectivity index (χ3n) is 3.07. The van der Waals surface area contributed by atoms with E-state index in [9.17, 15) is 18.4 Å². The summed E-state index contributed by atoms with van der Waals surface area (Å²) < 4.78 is 26.8. The first-order valence-electron chi connectivity index (χ1n) is 6.53. The molecule has 0 bridgehead atoms. The molecule has 2 aromatic rings. The first kappa shape index (κ1) is 16.8. The van der Waals surface area contributed by atoms with Crippen LogP contribution in [-0.4, -0.2) is 22.8 Å². The summed E-state index contributed by atoms with van der Waals surface area (Å²) in [5.74, 6) is -4.20. The second kappa shape index (κ2) is 7.15. The van der Waals surface area contributed by atoms with Crippen LogP contribution in [0.2, 0.25) is 5.15 Å². The Labute approximate surface area is 135 Å². The Morgan fingerprint density at radius 3 is 2.61 bits per heavy atom. The van der Waals surface area contributed by atoms with E-state index in [0.29, 0.717) is 5.56 Å². The maximum absolute atomic E-state index is 13.6. The number of primary amides is 1. The van der Waals surface area contributed by atoms with Crippen LogP contribution in [0.3, 0.4) is 0 Å². The number of carbonyl (C=O) groups is 2. The average molecular weight is 340 g/mol. The second-order valence-corrected chi connectivity index (χ2v) is 5.11. The number of halogens is 3. The number of aromatic nitrogens is 1. The van der Waals surface area contributed by atoms with E-state index in [1.165, 1.54) is 18.3 Å². The van der Waals surface area contributed by atoms with Crippen LogP contribution in [0.25, 0.3) is 0 Å². The Morgan fingerprint density at radius 2 is 2.00 bits per heavy atom. The zero-order chi connectivity index (χ0) is 17.0. The van der Waals surface area contributed by atoms with Gasteiger partial charge in [0.1, 0.15) is 11.2 Å². The molecule has 2 rings (SSSR count). The number of hydrogen-bond donors (Lipinski definition) is 2. The molecule has 1 aromatic heterocycles. The topological polar surface area (TPSA) is 85.1 Å². The van der Waals surface area contributed by atoms with Crippen LogP contribution in [0.4, 0.5) is 8.78 Å². The van der Waals surface area contributed by atoms with Crippen LogP contribution in [0.1, 0.15) is 15.9 Å². The molecule has 2 amide bonds. The Hall–Kier alpha value is -2.54. The van der Waals surface area contributed by atoms with Crippen molar-refractivity contribution in [2.75, 3.05) is 0 Å². The lowest BCUT2D eigenvalue weighted by molar-refractivity contribution is -0.119. The van der Waals surface area contributed by atoms with Gasteiger partial charge in [-0.25, -0.2) is 13.8 Å². The van der Waals surface area contributed by atoms with Gasteiger partial charge in [-0.15, -0.1) is 0 Å². The zero-order valence-corrected chi connectivity index (χ0v) is 12.5. The highest BCUT2D eigenvalue weighted by Gasteiger charge is 2.22. The summed E-state index contributed by atoms with van der Waals surface area (Å²) in [7, 11) is 0. The average Bonchev–Trinajstić information content (AvgIpc) is 2.51. The summed E-state index contributed by atoms with van der Waals surface area (Å²) in [5, 5.41) is 2.56. The molecule has 0 radical (unpaired) electrons. The van der Waals surface area contributed by atoms with Crippen LogP contribution >= 0.6 is 11.6 Å². The zero-order valence-electron chi connectivity index (χ0n) is 11.7. The molecule has 1 heterocycles. The standard InChI is InChI=1S/C15H12ClF2N3O2/c16-12-5-4-8(7-20-12)6-11(14(19)22)21-15(23)9-2-1-3-10(17)13(9)18/h1-5,7,11H,6H2,(H2,19,22)(H,21,23)/t11-/m0/s1. The molecule has 0 aliphatic heterocycles. The van der Waals surface area contributed by atoms with Gasteiger partial charge < -0.3 is 11.1 Å². The highest BCUT2D eigenvalue weighted by molar-refractivity contribution is 6.29. The molecule has 0 unspecified atom stereocenters. The highest BCUT2D eigenvalue weighted by atomic mass is 35.5. The van der Waals surface area contributed by atoms with Gasteiger partial charge in [0.2, 0.25) is 5.91 Å². The lowest BCUT2D eigenvalue weighted by atomic mass is 10.1. The fraction of sp³-hybridized carbons (Fsp3) is 0.133. The molecule has 23 heavy (non-hydrogen) atoms. The van der Waals surface area contributed by atoms with E-state index >= 15 is 0 Å². The fourth-order valence-electron chi connectivity index (χ4n) is 1.90. The van der Waals surface area contributed by atoms with Gasteiger partial charge in [-0.3, -0.25) is 9.59 Å². The van der Waals surface area contributed by atoms with Crippen molar-refractivity contribution in [3.05, 3.63) is 64.4 Å². The number of benzene rings is 1. The van der Waals surface area contributed by atoms with Gasteiger partial charge in [0, 0.05) is 12.6 Å². The van der Waals surface area contributed by atoms with Crippen LogP contribution in [-0.2, 0) is 11.2 Å². The van der Waals surface area contributed by atoms with Crippen molar-refractivity contribution in [3.8, 4) is 0 Å². The van der Waals surface area contributed by atoms with Crippen LogP contribution in [0.5, 0.6) is 0 Å². The molecule has 0 aliphatic rings. The molecule has 1 atom stereocenters. The van der Waals surface area contributed by atoms with Gasteiger partial charge in [-0.05, 0) is 23.8 Å². The Balaban J connectivity index is 2.16. The van der Waals surface area contributed by atoms with E-state index in [1.54, 1.807) is 6.07 Å². The van der Waals surface area contributed by atoms with Gasteiger partial charge in [0.05, 0.1) is 5.56 Å². The Bertz CT molecular complexity index is 738. The number of nitrogens with zero attached hydrogens (tertiary/aromatic N) is 1. The third kappa shape index (κ3) is 4.23. The molecule has 0 aliphatic carbocycles. The minimum atomic E-state index is -1.29. The van der Waals surface area contributed by atoms with Gasteiger partial charge in [0.25, 0.3) is 5.91 Å². The molecule has 5 nitrogen and oxygen atoms in total. The number of carbonyl (C=O) groups excluding carboxylic acids is 2. The van der Waals surface area contributed by atoms with E-state index in [0.717, 1.165) is 12.1 Å². The van der Waals surface area contributed by atoms with E-state index in [-0.39, 0.29) is 11.6 Å². The summed E-state index contributed by atoms with van der Waals surface area (Å²) in [6.07, 6.45) is 1.47. The lowest BCUT2D eigenvalue weighted by Crippen LogP contribution is -2.46. The third-order valence-corrected chi connectivity index (χ3v) is 3.30. The predicted molar refractivity (Wildman–Crippen MR) is 79.8 cm³/mol. The first-order chi connectivity index (χ1) is 10.9. The lowest BCUT2D eigenvalue weighted by Gasteiger charge is -2.16. The molecule has 8 heteroatoms. The Morgan fingerprint density at radius 1 is 1.26 bits per heavy atom. The smallest absolute Gasteiger partial charge is 0.255 e. The Kier molecular flexibility index (Phi) is 5.23.